The molecule has 0 amide bonds. The first kappa shape index (κ1) is 10.3. The van der Waals surface area contributed by atoms with Crippen LogP contribution in [-0.2, 0) is 6.54 Å². The maximum atomic E-state index is 5.42. The summed E-state index contributed by atoms with van der Waals surface area (Å²) in [6.45, 7) is 2.85. The van der Waals surface area contributed by atoms with Crippen LogP contribution in [0.15, 0.2) is 23.0 Å². The van der Waals surface area contributed by atoms with Crippen LogP contribution in [0.3, 0.4) is 0 Å². The summed E-state index contributed by atoms with van der Waals surface area (Å²) in [7, 11) is 2.11. The van der Waals surface area contributed by atoms with Gasteiger partial charge >= 0.3 is 0 Å². The molecule has 0 saturated heterocycles. The highest BCUT2D eigenvalue weighted by molar-refractivity contribution is 5.04. The summed E-state index contributed by atoms with van der Waals surface area (Å²) in [5.74, 6) is 0. The highest BCUT2D eigenvalue weighted by Gasteiger charge is 2.00. The van der Waals surface area contributed by atoms with Crippen LogP contribution >= 0.6 is 0 Å². The van der Waals surface area contributed by atoms with Crippen molar-refractivity contribution in [2.75, 3.05) is 20.1 Å². The molecule has 3 heteroatoms. The number of hydrogen-bond acceptors (Lipinski definition) is 3. The Morgan fingerprint density at radius 2 is 2.31 bits per heavy atom. The van der Waals surface area contributed by atoms with Crippen molar-refractivity contribution in [3.63, 3.8) is 0 Å². The van der Waals surface area contributed by atoms with E-state index in [1.54, 1.807) is 12.5 Å². The maximum absolute atomic E-state index is 5.42. The number of nitrogens with two attached hydrogens (primary N) is 1. The fourth-order valence-corrected chi connectivity index (χ4v) is 1.30. The molecule has 0 aromatic carbocycles. The van der Waals surface area contributed by atoms with E-state index in [0.717, 1.165) is 26.1 Å². The Balaban J connectivity index is 2.14. The molecule has 1 rings (SSSR count). The van der Waals surface area contributed by atoms with Crippen LogP contribution in [0.1, 0.15) is 18.4 Å². The monoisotopic (exact) mass is 182 g/mol. The van der Waals surface area contributed by atoms with Crippen LogP contribution in [0.2, 0.25) is 0 Å². The first-order valence-corrected chi connectivity index (χ1v) is 4.72. The second kappa shape index (κ2) is 5.78. The molecular formula is C10H18N2O. The van der Waals surface area contributed by atoms with Gasteiger partial charge in [0.05, 0.1) is 12.5 Å². The van der Waals surface area contributed by atoms with Gasteiger partial charge in [0, 0.05) is 12.1 Å². The average Bonchev–Trinajstić information content (AvgIpc) is 2.57. The van der Waals surface area contributed by atoms with Gasteiger partial charge < -0.3 is 15.1 Å². The minimum atomic E-state index is 0.791. The van der Waals surface area contributed by atoms with Gasteiger partial charge in [-0.2, -0.15) is 0 Å². The van der Waals surface area contributed by atoms with E-state index in [2.05, 4.69) is 11.9 Å². The first-order valence-electron chi connectivity index (χ1n) is 4.72. The van der Waals surface area contributed by atoms with Crippen molar-refractivity contribution in [1.82, 2.24) is 4.90 Å². The second-order valence-corrected chi connectivity index (χ2v) is 3.37. The van der Waals surface area contributed by atoms with E-state index in [4.69, 9.17) is 10.2 Å². The fraction of sp³-hybridized carbons (Fsp3) is 0.600. The maximum Gasteiger partial charge on any atom is 0.0947 e. The molecule has 0 aliphatic carbocycles. The first-order chi connectivity index (χ1) is 6.33. The number of rotatable bonds is 6. The molecule has 0 radical (unpaired) electrons. The summed E-state index contributed by atoms with van der Waals surface area (Å²) in [5, 5.41) is 0. The Labute approximate surface area is 79.5 Å². The molecule has 0 bridgehead atoms. The van der Waals surface area contributed by atoms with E-state index >= 15 is 0 Å². The highest BCUT2D eigenvalue weighted by Crippen LogP contribution is 2.04. The van der Waals surface area contributed by atoms with Crippen molar-refractivity contribution in [2.45, 2.75) is 19.4 Å². The van der Waals surface area contributed by atoms with Gasteiger partial charge in [-0.25, -0.2) is 0 Å². The second-order valence-electron chi connectivity index (χ2n) is 3.37. The lowest BCUT2D eigenvalue weighted by Gasteiger charge is -2.14. The number of nitrogens with zero attached hydrogens (tertiary/aromatic N) is 1. The molecule has 1 aromatic rings. The highest BCUT2D eigenvalue weighted by atomic mass is 16.3. The van der Waals surface area contributed by atoms with Crippen LogP contribution < -0.4 is 5.73 Å². The van der Waals surface area contributed by atoms with Gasteiger partial charge in [-0.3, -0.25) is 0 Å². The Morgan fingerprint density at radius 1 is 1.46 bits per heavy atom. The van der Waals surface area contributed by atoms with E-state index in [0.29, 0.717) is 0 Å². The smallest absolute Gasteiger partial charge is 0.0947 e. The molecule has 0 aliphatic rings. The zero-order chi connectivity index (χ0) is 9.52. The number of furan rings is 1. The summed E-state index contributed by atoms with van der Waals surface area (Å²) in [6, 6.07) is 2.00. The average molecular weight is 182 g/mol. The summed E-state index contributed by atoms with van der Waals surface area (Å²) >= 11 is 0. The topological polar surface area (TPSA) is 42.4 Å². The van der Waals surface area contributed by atoms with Gasteiger partial charge in [0.1, 0.15) is 0 Å². The molecule has 0 fully saturated rings. The largest absolute Gasteiger partial charge is 0.472 e. The summed E-state index contributed by atoms with van der Waals surface area (Å²) in [5.41, 5.74) is 6.65. The van der Waals surface area contributed by atoms with Gasteiger partial charge in [0.15, 0.2) is 0 Å². The summed E-state index contributed by atoms with van der Waals surface area (Å²) < 4.78 is 4.99. The Kier molecular flexibility index (Phi) is 4.57. The van der Waals surface area contributed by atoms with Crippen molar-refractivity contribution < 1.29 is 4.42 Å². The van der Waals surface area contributed by atoms with E-state index in [9.17, 15) is 0 Å². The predicted octanol–water partition coefficient (Wildman–Crippen LogP) is 1.45. The third-order valence-corrected chi connectivity index (χ3v) is 2.03. The van der Waals surface area contributed by atoms with Gasteiger partial charge in [0.25, 0.3) is 0 Å². The van der Waals surface area contributed by atoms with Crippen molar-refractivity contribution in [3.8, 4) is 0 Å². The minimum absolute atomic E-state index is 0.791. The van der Waals surface area contributed by atoms with Gasteiger partial charge in [0.2, 0.25) is 0 Å². The lowest BCUT2D eigenvalue weighted by Crippen LogP contribution is -2.19. The van der Waals surface area contributed by atoms with Crippen LogP contribution in [0.25, 0.3) is 0 Å². The van der Waals surface area contributed by atoms with Crippen LogP contribution in [0.5, 0.6) is 0 Å². The molecule has 0 spiro atoms. The molecule has 0 unspecified atom stereocenters. The lowest BCUT2D eigenvalue weighted by molar-refractivity contribution is 0.318. The Morgan fingerprint density at radius 3 is 2.92 bits per heavy atom. The van der Waals surface area contributed by atoms with E-state index in [1.165, 1.54) is 12.0 Å². The molecule has 3 nitrogen and oxygen atoms in total. The summed E-state index contributed by atoms with van der Waals surface area (Å²) in [6.07, 6.45) is 5.78. The molecule has 13 heavy (non-hydrogen) atoms. The molecule has 0 saturated carbocycles. The van der Waals surface area contributed by atoms with Crippen molar-refractivity contribution in [2.24, 2.45) is 5.73 Å². The number of unbranched alkanes of at least 4 members (excludes halogenated alkanes) is 1. The molecule has 0 aliphatic heterocycles. The van der Waals surface area contributed by atoms with Crippen molar-refractivity contribution in [1.29, 1.82) is 0 Å². The molecule has 0 atom stereocenters. The van der Waals surface area contributed by atoms with Gasteiger partial charge in [-0.05, 0) is 39.0 Å². The van der Waals surface area contributed by atoms with E-state index in [-0.39, 0.29) is 0 Å². The van der Waals surface area contributed by atoms with Gasteiger partial charge in [-0.1, -0.05) is 0 Å². The van der Waals surface area contributed by atoms with Crippen LogP contribution in [-0.4, -0.2) is 25.0 Å². The quantitative estimate of drug-likeness (QED) is 0.677. The van der Waals surface area contributed by atoms with Gasteiger partial charge in [-0.15, -0.1) is 0 Å². The molecule has 1 heterocycles. The minimum Gasteiger partial charge on any atom is -0.472 e. The Hall–Kier alpha value is -0.800. The SMILES string of the molecule is CN(CCCCN)Cc1ccoc1. The standard InChI is InChI=1S/C10H18N2O/c1-12(6-3-2-5-11)8-10-4-7-13-9-10/h4,7,9H,2-3,5-6,8,11H2,1H3. The van der Waals surface area contributed by atoms with E-state index in [1.807, 2.05) is 6.07 Å². The third-order valence-electron chi connectivity index (χ3n) is 2.03. The van der Waals surface area contributed by atoms with E-state index < -0.39 is 0 Å². The molecule has 74 valence electrons. The lowest BCUT2D eigenvalue weighted by atomic mass is 10.2. The zero-order valence-electron chi connectivity index (χ0n) is 8.20. The molecular weight excluding hydrogens is 164 g/mol. The van der Waals surface area contributed by atoms with Crippen LogP contribution in [0.4, 0.5) is 0 Å². The normalized spacial score (nSPS) is 11.0. The predicted molar refractivity (Wildman–Crippen MR) is 53.3 cm³/mol. The Bertz CT molecular complexity index is 209. The third kappa shape index (κ3) is 4.10. The zero-order valence-corrected chi connectivity index (χ0v) is 8.20. The number of hydrogen-bond donors (Lipinski definition) is 1. The van der Waals surface area contributed by atoms with Crippen LogP contribution in [0, 0.1) is 0 Å². The van der Waals surface area contributed by atoms with Crippen molar-refractivity contribution in [3.05, 3.63) is 24.2 Å². The van der Waals surface area contributed by atoms with Crippen molar-refractivity contribution >= 4 is 0 Å². The fourth-order valence-electron chi connectivity index (χ4n) is 1.30. The molecule has 2 N–H and O–H groups in total. The summed E-state index contributed by atoms with van der Waals surface area (Å²) in [4.78, 5) is 2.28. The molecule has 1 aromatic heterocycles.